The summed E-state index contributed by atoms with van der Waals surface area (Å²) < 4.78 is 27.9. The summed E-state index contributed by atoms with van der Waals surface area (Å²) in [7, 11) is -3.52. The summed E-state index contributed by atoms with van der Waals surface area (Å²) in [5.41, 5.74) is 0. The predicted octanol–water partition coefficient (Wildman–Crippen LogP) is 2.66. The molecule has 1 aliphatic carbocycles. The number of thiophene rings is 1. The first kappa shape index (κ1) is 16.9. The Morgan fingerprint density at radius 1 is 1.17 bits per heavy atom. The van der Waals surface area contributed by atoms with Crippen LogP contribution in [-0.2, 0) is 14.8 Å². The van der Waals surface area contributed by atoms with Crippen molar-refractivity contribution in [2.75, 3.05) is 6.54 Å². The molecule has 2 heterocycles. The van der Waals surface area contributed by atoms with Gasteiger partial charge in [-0.2, -0.15) is 0 Å². The Balaban J connectivity index is 1.65. The van der Waals surface area contributed by atoms with Crippen molar-refractivity contribution in [1.29, 1.82) is 0 Å². The number of amides is 1. The number of nitrogens with zero attached hydrogens (tertiary/aromatic N) is 1. The first-order valence-corrected chi connectivity index (χ1v) is 10.6. The van der Waals surface area contributed by atoms with Gasteiger partial charge in [0.1, 0.15) is 4.21 Å². The van der Waals surface area contributed by atoms with E-state index in [1.165, 1.54) is 37.0 Å². The summed E-state index contributed by atoms with van der Waals surface area (Å²) in [6.07, 6.45) is 7.20. The van der Waals surface area contributed by atoms with Gasteiger partial charge in [-0.15, -0.1) is 11.3 Å². The second-order valence-electron chi connectivity index (χ2n) is 6.58. The lowest BCUT2D eigenvalue weighted by Crippen LogP contribution is -2.40. The number of likely N-dealkylation sites (tertiary alicyclic amines) is 1. The molecule has 5 nitrogen and oxygen atoms in total. The fourth-order valence-corrected chi connectivity index (χ4v) is 6.09. The highest BCUT2D eigenvalue weighted by atomic mass is 32.2. The van der Waals surface area contributed by atoms with Crippen molar-refractivity contribution in [3.63, 3.8) is 0 Å². The lowest BCUT2D eigenvalue weighted by Gasteiger charge is -2.27. The smallest absolute Gasteiger partial charge is 0.250 e. The predicted molar refractivity (Wildman–Crippen MR) is 91.0 cm³/mol. The normalized spacial score (nSPS) is 24.1. The van der Waals surface area contributed by atoms with Crippen LogP contribution in [0.2, 0.25) is 0 Å². The van der Waals surface area contributed by atoms with E-state index in [0.29, 0.717) is 16.8 Å². The van der Waals surface area contributed by atoms with E-state index in [1.807, 2.05) is 11.8 Å². The number of rotatable bonds is 4. The van der Waals surface area contributed by atoms with Gasteiger partial charge in [0.15, 0.2) is 0 Å². The van der Waals surface area contributed by atoms with Gasteiger partial charge in [-0.25, -0.2) is 13.1 Å². The van der Waals surface area contributed by atoms with Crippen LogP contribution in [0.15, 0.2) is 16.3 Å². The SMILES string of the molecule is Cc1ccc(S(=O)(=O)N[C@H]2CC(=O)N(C3CCCCCC3)C2)s1. The fraction of sp³-hybridized carbons (Fsp3) is 0.688. The van der Waals surface area contributed by atoms with Crippen molar-refractivity contribution < 1.29 is 13.2 Å². The van der Waals surface area contributed by atoms with Gasteiger partial charge in [0.05, 0.1) is 0 Å². The minimum absolute atomic E-state index is 0.0898. The zero-order chi connectivity index (χ0) is 16.4. The second kappa shape index (κ2) is 6.91. The number of nitrogens with one attached hydrogen (secondary N) is 1. The zero-order valence-corrected chi connectivity index (χ0v) is 15.1. The van der Waals surface area contributed by atoms with Crippen LogP contribution in [0.4, 0.5) is 0 Å². The summed E-state index contributed by atoms with van der Waals surface area (Å²) in [6, 6.07) is 3.42. The van der Waals surface area contributed by atoms with Crippen LogP contribution >= 0.6 is 11.3 Å². The Hall–Kier alpha value is -0.920. The maximum Gasteiger partial charge on any atom is 0.250 e. The highest BCUT2D eigenvalue weighted by Crippen LogP contribution is 2.27. The summed E-state index contributed by atoms with van der Waals surface area (Å²) in [5.74, 6) is 0.0898. The average Bonchev–Trinajstić information content (AvgIpc) is 2.96. The Morgan fingerprint density at radius 2 is 1.87 bits per heavy atom. The number of carbonyl (C=O) groups excluding carboxylic acids is 1. The largest absolute Gasteiger partial charge is 0.338 e. The molecule has 0 spiro atoms. The minimum Gasteiger partial charge on any atom is -0.338 e. The summed E-state index contributed by atoms with van der Waals surface area (Å²) in [5, 5.41) is 0. The molecule has 23 heavy (non-hydrogen) atoms. The molecule has 0 bridgehead atoms. The molecule has 2 fully saturated rings. The van der Waals surface area contributed by atoms with E-state index in [4.69, 9.17) is 0 Å². The molecule has 1 saturated carbocycles. The molecule has 0 aromatic carbocycles. The first-order valence-electron chi connectivity index (χ1n) is 8.34. The lowest BCUT2D eigenvalue weighted by molar-refractivity contribution is -0.129. The van der Waals surface area contributed by atoms with Gasteiger partial charge >= 0.3 is 0 Å². The molecule has 2 aliphatic rings. The van der Waals surface area contributed by atoms with Gasteiger partial charge in [-0.3, -0.25) is 4.79 Å². The lowest BCUT2D eigenvalue weighted by atomic mass is 10.1. The van der Waals surface area contributed by atoms with Crippen molar-refractivity contribution in [3.8, 4) is 0 Å². The molecule has 1 saturated heterocycles. The molecule has 1 amide bonds. The number of sulfonamides is 1. The first-order chi connectivity index (χ1) is 11.0. The van der Waals surface area contributed by atoms with Crippen LogP contribution in [0.5, 0.6) is 0 Å². The van der Waals surface area contributed by atoms with E-state index in [9.17, 15) is 13.2 Å². The molecule has 1 aromatic heterocycles. The van der Waals surface area contributed by atoms with Crippen LogP contribution in [-0.4, -0.2) is 37.9 Å². The maximum atomic E-state index is 12.4. The van der Waals surface area contributed by atoms with E-state index < -0.39 is 10.0 Å². The van der Waals surface area contributed by atoms with Crippen LogP contribution in [0.1, 0.15) is 49.8 Å². The Bertz CT molecular complexity index is 661. The van der Waals surface area contributed by atoms with E-state index in [2.05, 4.69) is 4.72 Å². The van der Waals surface area contributed by atoms with Crippen LogP contribution in [0.25, 0.3) is 0 Å². The van der Waals surface area contributed by atoms with Crippen molar-refractivity contribution >= 4 is 27.3 Å². The van der Waals surface area contributed by atoms with Gasteiger partial charge in [-0.05, 0) is 31.9 Å². The number of aryl methyl sites for hydroxylation is 1. The van der Waals surface area contributed by atoms with E-state index >= 15 is 0 Å². The summed E-state index contributed by atoms with van der Waals surface area (Å²) in [6.45, 7) is 2.39. The van der Waals surface area contributed by atoms with Crippen LogP contribution in [0.3, 0.4) is 0 Å². The van der Waals surface area contributed by atoms with Crippen molar-refractivity contribution in [3.05, 3.63) is 17.0 Å². The van der Waals surface area contributed by atoms with Crippen LogP contribution < -0.4 is 4.72 Å². The van der Waals surface area contributed by atoms with E-state index in [-0.39, 0.29) is 18.4 Å². The molecule has 7 heteroatoms. The number of carbonyl (C=O) groups is 1. The van der Waals surface area contributed by atoms with E-state index in [0.717, 1.165) is 17.7 Å². The third-order valence-electron chi connectivity index (χ3n) is 4.73. The zero-order valence-electron chi connectivity index (χ0n) is 13.5. The van der Waals surface area contributed by atoms with Crippen molar-refractivity contribution in [2.45, 2.75) is 68.2 Å². The number of hydrogen-bond donors (Lipinski definition) is 1. The molecule has 0 unspecified atom stereocenters. The molecule has 1 aromatic rings. The Kier molecular flexibility index (Phi) is 5.08. The van der Waals surface area contributed by atoms with Gasteiger partial charge < -0.3 is 4.90 Å². The molecular formula is C16H24N2O3S2. The van der Waals surface area contributed by atoms with Crippen LogP contribution in [0, 0.1) is 6.92 Å². The molecule has 0 radical (unpaired) electrons. The minimum atomic E-state index is -3.52. The van der Waals surface area contributed by atoms with Gasteiger partial charge in [0, 0.05) is 29.9 Å². The standard InChI is InChI=1S/C16H24N2O3S2/c1-12-8-9-16(22-12)23(20,21)17-13-10-15(19)18(11-13)14-6-4-2-3-5-7-14/h8-9,13-14,17H,2-7,10-11H2,1H3/t13-/m0/s1. The summed E-state index contributed by atoms with van der Waals surface area (Å²) in [4.78, 5) is 15.2. The van der Waals surface area contributed by atoms with E-state index in [1.54, 1.807) is 12.1 Å². The van der Waals surface area contributed by atoms with Crippen molar-refractivity contribution in [2.24, 2.45) is 0 Å². The maximum absolute atomic E-state index is 12.4. The highest BCUT2D eigenvalue weighted by molar-refractivity contribution is 7.91. The molecule has 3 rings (SSSR count). The third kappa shape index (κ3) is 3.95. The Labute approximate surface area is 142 Å². The van der Waals surface area contributed by atoms with Gasteiger partial charge in [0.25, 0.3) is 0 Å². The Morgan fingerprint density at radius 3 is 2.48 bits per heavy atom. The molecular weight excluding hydrogens is 332 g/mol. The van der Waals surface area contributed by atoms with Gasteiger partial charge in [0.2, 0.25) is 15.9 Å². The third-order valence-corrected chi connectivity index (χ3v) is 7.74. The quantitative estimate of drug-likeness (QED) is 0.844. The molecule has 1 aliphatic heterocycles. The average molecular weight is 357 g/mol. The molecule has 128 valence electrons. The second-order valence-corrected chi connectivity index (χ2v) is 9.81. The van der Waals surface area contributed by atoms with Crippen molar-refractivity contribution in [1.82, 2.24) is 9.62 Å². The molecule has 1 N–H and O–H groups in total. The monoisotopic (exact) mass is 356 g/mol. The summed E-state index contributed by atoms with van der Waals surface area (Å²) >= 11 is 1.26. The highest BCUT2D eigenvalue weighted by Gasteiger charge is 2.36. The number of hydrogen-bond acceptors (Lipinski definition) is 4. The fourth-order valence-electron chi connectivity index (χ4n) is 3.57. The van der Waals surface area contributed by atoms with Gasteiger partial charge in [-0.1, -0.05) is 25.7 Å². The topological polar surface area (TPSA) is 66.5 Å². The molecule has 1 atom stereocenters.